The Morgan fingerprint density at radius 3 is 2.29 bits per heavy atom. The van der Waals surface area contributed by atoms with Gasteiger partial charge in [-0.05, 0) is 42.3 Å². The van der Waals surface area contributed by atoms with E-state index in [1.165, 1.54) is 17.7 Å². The molecule has 0 heterocycles. The van der Waals surface area contributed by atoms with E-state index in [1.807, 2.05) is 19.2 Å². The number of alkyl halides is 3. The molecular weight excluding hydrogens is 275 g/mol. The molecule has 2 aromatic rings. The summed E-state index contributed by atoms with van der Waals surface area (Å²) in [5.74, 6) is 0.518. The minimum absolute atomic E-state index is 0.518. The van der Waals surface area contributed by atoms with Crippen LogP contribution in [0.5, 0.6) is 0 Å². The number of benzene rings is 2. The minimum atomic E-state index is -4.28. The first-order valence-electron chi connectivity index (χ1n) is 6.94. The molecule has 2 atom stereocenters. The van der Waals surface area contributed by atoms with Crippen molar-refractivity contribution in [2.45, 2.75) is 24.6 Å². The molecule has 0 unspecified atom stereocenters. The lowest BCUT2D eigenvalue weighted by molar-refractivity contribution is -0.137. The molecule has 1 saturated carbocycles. The SMILES string of the molecule is CN[C@@H]1C[C@H]1c1cccc(-c2ccc(C(F)(F)F)cc2)c1. The summed E-state index contributed by atoms with van der Waals surface area (Å²) in [6, 6.07) is 13.9. The van der Waals surface area contributed by atoms with Crippen LogP contribution in [0, 0.1) is 0 Å². The highest BCUT2D eigenvalue weighted by atomic mass is 19.4. The van der Waals surface area contributed by atoms with Gasteiger partial charge in [0.05, 0.1) is 5.56 Å². The predicted octanol–water partition coefficient (Wildman–Crippen LogP) is 4.45. The molecule has 0 saturated heterocycles. The van der Waals surface area contributed by atoms with Crippen molar-refractivity contribution < 1.29 is 13.2 Å². The van der Waals surface area contributed by atoms with Gasteiger partial charge in [-0.1, -0.05) is 36.4 Å². The van der Waals surface area contributed by atoms with Crippen molar-refractivity contribution in [3.63, 3.8) is 0 Å². The van der Waals surface area contributed by atoms with Gasteiger partial charge in [0.25, 0.3) is 0 Å². The van der Waals surface area contributed by atoms with Gasteiger partial charge in [0.2, 0.25) is 0 Å². The van der Waals surface area contributed by atoms with Crippen LogP contribution in [-0.2, 0) is 6.18 Å². The van der Waals surface area contributed by atoms with Crippen LogP contribution >= 0.6 is 0 Å². The van der Waals surface area contributed by atoms with Gasteiger partial charge < -0.3 is 5.32 Å². The normalized spacial score (nSPS) is 21.3. The summed E-state index contributed by atoms with van der Waals surface area (Å²) in [6.45, 7) is 0. The van der Waals surface area contributed by atoms with Crippen LogP contribution in [0.15, 0.2) is 48.5 Å². The molecule has 4 heteroatoms. The van der Waals surface area contributed by atoms with Crippen molar-refractivity contribution in [3.8, 4) is 11.1 Å². The van der Waals surface area contributed by atoms with Gasteiger partial charge in [0.15, 0.2) is 0 Å². The molecule has 0 bridgehead atoms. The van der Waals surface area contributed by atoms with Crippen LogP contribution in [0.25, 0.3) is 11.1 Å². The van der Waals surface area contributed by atoms with Crippen molar-refractivity contribution in [1.82, 2.24) is 5.32 Å². The quantitative estimate of drug-likeness (QED) is 0.881. The predicted molar refractivity (Wildman–Crippen MR) is 77.1 cm³/mol. The highest BCUT2D eigenvalue weighted by Crippen LogP contribution is 2.41. The van der Waals surface area contributed by atoms with Crippen molar-refractivity contribution in [1.29, 1.82) is 0 Å². The second-order valence-electron chi connectivity index (χ2n) is 5.44. The van der Waals surface area contributed by atoms with Crippen LogP contribution in [0.1, 0.15) is 23.5 Å². The topological polar surface area (TPSA) is 12.0 Å². The van der Waals surface area contributed by atoms with Gasteiger partial charge in [0, 0.05) is 12.0 Å². The summed E-state index contributed by atoms with van der Waals surface area (Å²) in [6.07, 6.45) is -3.17. The summed E-state index contributed by atoms with van der Waals surface area (Å²) < 4.78 is 37.7. The Morgan fingerprint density at radius 1 is 1.00 bits per heavy atom. The molecule has 1 aliphatic carbocycles. The molecule has 0 radical (unpaired) electrons. The van der Waals surface area contributed by atoms with Crippen LogP contribution in [0.2, 0.25) is 0 Å². The molecule has 1 aliphatic rings. The van der Waals surface area contributed by atoms with E-state index in [-0.39, 0.29) is 0 Å². The second kappa shape index (κ2) is 5.19. The third kappa shape index (κ3) is 2.95. The van der Waals surface area contributed by atoms with Gasteiger partial charge in [0.1, 0.15) is 0 Å². The maximum absolute atomic E-state index is 12.6. The molecule has 0 aromatic heterocycles. The molecular formula is C17H16F3N. The Labute approximate surface area is 121 Å². The number of halogens is 3. The smallest absolute Gasteiger partial charge is 0.316 e. The number of hydrogen-bond donors (Lipinski definition) is 1. The van der Waals surface area contributed by atoms with Crippen molar-refractivity contribution in [2.75, 3.05) is 7.05 Å². The Balaban J connectivity index is 1.85. The Kier molecular flexibility index (Phi) is 3.49. The number of hydrogen-bond acceptors (Lipinski definition) is 1. The summed E-state index contributed by atoms with van der Waals surface area (Å²) in [7, 11) is 1.95. The fourth-order valence-corrected chi connectivity index (χ4v) is 2.68. The molecule has 3 rings (SSSR count). The van der Waals surface area contributed by atoms with Crippen LogP contribution in [0.3, 0.4) is 0 Å². The molecule has 1 nitrogen and oxygen atoms in total. The number of likely N-dealkylation sites (N-methyl/N-ethyl adjacent to an activating group) is 1. The molecule has 0 amide bonds. The first kappa shape index (κ1) is 14.1. The third-order valence-electron chi connectivity index (χ3n) is 4.02. The summed E-state index contributed by atoms with van der Waals surface area (Å²) in [5, 5.41) is 3.25. The van der Waals surface area contributed by atoms with E-state index in [9.17, 15) is 13.2 Å². The zero-order valence-corrected chi connectivity index (χ0v) is 11.6. The van der Waals surface area contributed by atoms with E-state index in [2.05, 4.69) is 17.4 Å². The molecule has 21 heavy (non-hydrogen) atoms. The lowest BCUT2D eigenvalue weighted by atomic mass is 10.00. The minimum Gasteiger partial charge on any atom is -0.316 e. The highest BCUT2D eigenvalue weighted by molar-refractivity contribution is 5.65. The maximum Gasteiger partial charge on any atom is 0.416 e. The first-order chi connectivity index (χ1) is 9.99. The van der Waals surface area contributed by atoms with Gasteiger partial charge in [-0.25, -0.2) is 0 Å². The molecule has 1 N–H and O–H groups in total. The molecule has 2 aromatic carbocycles. The highest BCUT2D eigenvalue weighted by Gasteiger charge is 2.36. The lowest BCUT2D eigenvalue weighted by Crippen LogP contribution is -2.10. The molecule has 1 fully saturated rings. The monoisotopic (exact) mass is 291 g/mol. The molecule has 0 spiro atoms. The van der Waals surface area contributed by atoms with E-state index in [4.69, 9.17) is 0 Å². The van der Waals surface area contributed by atoms with Crippen molar-refractivity contribution >= 4 is 0 Å². The van der Waals surface area contributed by atoms with E-state index in [1.54, 1.807) is 0 Å². The maximum atomic E-state index is 12.6. The lowest BCUT2D eigenvalue weighted by Gasteiger charge is -2.09. The zero-order valence-electron chi connectivity index (χ0n) is 11.6. The van der Waals surface area contributed by atoms with Gasteiger partial charge >= 0.3 is 6.18 Å². The van der Waals surface area contributed by atoms with Gasteiger partial charge in [-0.3, -0.25) is 0 Å². The standard InChI is InChI=1S/C17H16F3N/c1-21-16-10-15(16)13-4-2-3-12(9-13)11-5-7-14(8-6-11)17(18,19)20/h2-9,15-16,21H,10H2,1H3/t15-,16+/m0/s1. The number of nitrogens with one attached hydrogen (secondary N) is 1. The number of rotatable bonds is 3. The van der Waals surface area contributed by atoms with Crippen LogP contribution in [-0.4, -0.2) is 13.1 Å². The van der Waals surface area contributed by atoms with E-state index in [0.717, 1.165) is 29.7 Å². The van der Waals surface area contributed by atoms with Gasteiger partial charge in [-0.2, -0.15) is 13.2 Å². The fraction of sp³-hybridized carbons (Fsp3) is 0.294. The third-order valence-corrected chi connectivity index (χ3v) is 4.02. The van der Waals surface area contributed by atoms with E-state index < -0.39 is 11.7 Å². The largest absolute Gasteiger partial charge is 0.416 e. The molecule has 110 valence electrons. The summed E-state index contributed by atoms with van der Waals surface area (Å²) in [5.41, 5.74) is 2.40. The van der Waals surface area contributed by atoms with Gasteiger partial charge in [-0.15, -0.1) is 0 Å². The average molecular weight is 291 g/mol. The van der Waals surface area contributed by atoms with Crippen LogP contribution in [0.4, 0.5) is 13.2 Å². The molecule has 0 aliphatic heterocycles. The second-order valence-corrected chi connectivity index (χ2v) is 5.44. The average Bonchev–Trinajstić information content (AvgIpc) is 3.26. The summed E-state index contributed by atoms with van der Waals surface area (Å²) >= 11 is 0. The zero-order chi connectivity index (χ0) is 15.0. The van der Waals surface area contributed by atoms with Crippen molar-refractivity contribution in [3.05, 3.63) is 59.7 Å². The summed E-state index contributed by atoms with van der Waals surface area (Å²) in [4.78, 5) is 0. The Bertz CT molecular complexity index is 631. The Morgan fingerprint density at radius 2 is 1.71 bits per heavy atom. The van der Waals surface area contributed by atoms with Crippen molar-refractivity contribution in [2.24, 2.45) is 0 Å². The van der Waals surface area contributed by atoms with Crippen LogP contribution < -0.4 is 5.32 Å². The first-order valence-corrected chi connectivity index (χ1v) is 6.94. The van der Waals surface area contributed by atoms with E-state index in [0.29, 0.717) is 12.0 Å². The Hall–Kier alpha value is -1.81. The fourth-order valence-electron chi connectivity index (χ4n) is 2.68. The van der Waals surface area contributed by atoms with E-state index >= 15 is 0 Å².